The number of benzene rings is 1. The molecule has 3 nitrogen and oxygen atoms in total. The molecule has 0 radical (unpaired) electrons. The van der Waals surface area contributed by atoms with Crippen LogP contribution < -0.4 is 0 Å². The van der Waals surface area contributed by atoms with Crippen molar-refractivity contribution in [2.24, 2.45) is 7.05 Å². The lowest BCUT2D eigenvalue weighted by atomic mass is 9.92. The molecule has 16 heavy (non-hydrogen) atoms. The number of nitrogens with zero attached hydrogens (tertiary/aromatic N) is 2. The normalized spacial score (nSPS) is 14.7. The Labute approximate surface area is 95.3 Å². The monoisotopic (exact) mass is 216 g/mol. The van der Waals surface area contributed by atoms with Crippen LogP contribution in [0.3, 0.4) is 0 Å². The molecule has 3 heteroatoms. The lowest BCUT2D eigenvalue weighted by Gasteiger charge is -2.17. The van der Waals surface area contributed by atoms with Crippen molar-refractivity contribution >= 4 is 0 Å². The molecule has 0 aliphatic rings. The maximum atomic E-state index is 10.2. The number of aromatic nitrogens is 2. The van der Waals surface area contributed by atoms with Crippen molar-refractivity contribution in [3.63, 3.8) is 0 Å². The summed E-state index contributed by atoms with van der Waals surface area (Å²) in [6.07, 6.45) is 3.06. The molecule has 2 atom stereocenters. The standard InChI is InChI=1S/C13H16N2O/c1-10(11-6-4-3-5-7-11)13(16)12-8-14-15(2)9-12/h3-10,13,16H,1-2H3. The zero-order valence-electron chi connectivity index (χ0n) is 9.54. The predicted molar refractivity (Wildman–Crippen MR) is 63.0 cm³/mol. The first-order valence-electron chi connectivity index (χ1n) is 5.40. The average Bonchev–Trinajstić information content (AvgIpc) is 2.75. The fraction of sp³-hybridized carbons (Fsp3) is 0.308. The zero-order chi connectivity index (χ0) is 11.5. The van der Waals surface area contributed by atoms with Gasteiger partial charge in [0.1, 0.15) is 0 Å². The lowest BCUT2D eigenvalue weighted by Crippen LogP contribution is -2.06. The Morgan fingerprint density at radius 1 is 1.19 bits per heavy atom. The molecule has 0 aliphatic carbocycles. The van der Waals surface area contributed by atoms with Crippen LogP contribution in [0.5, 0.6) is 0 Å². The van der Waals surface area contributed by atoms with Gasteiger partial charge in [-0.25, -0.2) is 0 Å². The molecule has 2 rings (SSSR count). The number of hydrogen-bond acceptors (Lipinski definition) is 2. The number of aliphatic hydroxyl groups excluding tert-OH is 1. The Hall–Kier alpha value is -1.61. The topological polar surface area (TPSA) is 38.1 Å². The van der Waals surface area contributed by atoms with Crippen molar-refractivity contribution in [2.45, 2.75) is 18.9 Å². The van der Waals surface area contributed by atoms with Crippen LogP contribution in [-0.4, -0.2) is 14.9 Å². The molecule has 0 bridgehead atoms. The third-order valence-electron chi connectivity index (χ3n) is 2.87. The first kappa shape index (κ1) is 10.9. The van der Waals surface area contributed by atoms with E-state index in [1.165, 1.54) is 0 Å². The van der Waals surface area contributed by atoms with E-state index in [-0.39, 0.29) is 5.92 Å². The van der Waals surface area contributed by atoms with E-state index in [1.54, 1.807) is 10.9 Å². The molecule has 0 saturated heterocycles. The van der Waals surface area contributed by atoms with E-state index >= 15 is 0 Å². The third-order valence-corrected chi connectivity index (χ3v) is 2.87. The SMILES string of the molecule is CC(c1ccccc1)C(O)c1cnn(C)c1. The maximum Gasteiger partial charge on any atom is 0.0886 e. The summed E-state index contributed by atoms with van der Waals surface area (Å²) in [5.74, 6) is 0.0744. The van der Waals surface area contributed by atoms with E-state index in [1.807, 2.05) is 50.5 Å². The van der Waals surface area contributed by atoms with E-state index in [0.29, 0.717) is 0 Å². The molecule has 2 aromatic rings. The summed E-state index contributed by atoms with van der Waals surface area (Å²) in [4.78, 5) is 0. The molecule has 0 spiro atoms. The Balaban J connectivity index is 2.19. The van der Waals surface area contributed by atoms with Gasteiger partial charge >= 0.3 is 0 Å². The number of aryl methyl sites for hydroxylation is 1. The van der Waals surface area contributed by atoms with Gasteiger partial charge in [0.2, 0.25) is 0 Å². The number of hydrogen-bond donors (Lipinski definition) is 1. The molecule has 0 fully saturated rings. The lowest BCUT2D eigenvalue weighted by molar-refractivity contribution is 0.151. The van der Waals surface area contributed by atoms with Crippen molar-refractivity contribution < 1.29 is 5.11 Å². The fourth-order valence-electron chi connectivity index (χ4n) is 1.82. The molecule has 1 aromatic heterocycles. The Bertz CT molecular complexity index is 450. The van der Waals surface area contributed by atoms with Crippen molar-refractivity contribution in [1.82, 2.24) is 9.78 Å². The van der Waals surface area contributed by atoms with Crippen LogP contribution in [0.1, 0.15) is 30.1 Å². The smallest absolute Gasteiger partial charge is 0.0886 e. The van der Waals surface area contributed by atoms with Gasteiger partial charge in [-0.1, -0.05) is 37.3 Å². The minimum atomic E-state index is -0.504. The minimum Gasteiger partial charge on any atom is -0.388 e. The molecule has 0 saturated carbocycles. The Kier molecular flexibility index (Phi) is 3.06. The highest BCUT2D eigenvalue weighted by atomic mass is 16.3. The maximum absolute atomic E-state index is 10.2. The molecule has 0 aliphatic heterocycles. The predicted octanol–water partition coefficient (Wildman–Crippen LogP) is 2.26. The van der Waals surface area contributed by atoms with E-state index < -0.39 is 6.10 Å². The van der Waals surface area contributed by atoms with Gasteiger partial charge in [-0.3, -0.25) is 4.68 Å². The van der Waals surface area contributed by atoms with E-state index in [4.69, 9.17) is 0 Å². The van der Waals surface area contributed by atoms with Gasteiger partial charge in [-0.15, -0.1) is 0 Å². The second-order valence-corrected chi connectivity index (χ2v) is 4.09. The summed E-state index contributed by atoms with van der Waals surface area (Å²) in [6, 6.07) is 10.0. The van der Waals surface area contributed by atoms with E-state index in [9.17, 15) is 5.11 Å². The Morgan fingerprint density at radius 3 is 2.44 bits per heavy atom. The molecule has 1 aromatic carbocycles. The van der Waals surface area contributed by atoms with Gasteiger partial charge in [0.25, 0.3) is 0 Å². The van der Waals surface area contributed by atoms with Crippen molar-refractivity contribution in [3.8, 4) is 0 Å². The number of aliphatic hydroxyl groups is 1. The van der Waals surface area contributed by atoms with Gasteiger partial charge in [0.15, 0.2) is 0 Å². The van der Waals surface area contributed by atoms with E-state index in [0.717, 1.165) is 11.1 Å². The second kappa shape index (κ2) is 4.49. The van der Waals surface area contributed by atoms with Gasteiger partial charge in [0.05, 0.1) is 12.3 Å². The quantitative estimate of drug-likeness (QED) is 0.854. The summed E-state index contributed by atoms with van der Waals surface area (Å²) in [6.45, 7) is 2.02. The molecule has 84 valence electrons. The van der Waals surface area contributed by atoms with Gasteiger partial charge in [-0.05, 0) is 5.56 Å². The highest BCUT2D eigenvalue weighted by Gasteiger charge is 2.18. The van der Waals surface area contributed by atoms with Gasteiger partial charge in [0, 0.05) is 24.7 Å². The van der Waals surface area contributed by atoms with Crippen LogP contribution in [0, 0.1) is 0 Å². The van der Waals surface area contributed by atoms with Gasteiger partial charge < -0.3 is 5.11 Å². The second-order valence-electron chi connectivity index (χ2n) is 4.09. The first-order valence-corrected chi connectivity index (χ1v) is 5.40. The van der Waals surface area contributed by atoms with Crippen LogP contribution in [0.4, 0.5) is 0 Å². The largest absolute Gasteiger partial charge is 0.388 e. The summed E-state index contributed by atoms with van der Waals surface area (Å²) in [7, 11) is 1.85. The first-order chi connectivity index (χ1) is 7.68. The molecular formula is C13H16N2O. The minimum absolute atomic E-state index is 0.0744. The Morgan fingerprint density at radius 2 is 1.88 bits per heavy atom. The summed E-state index contributed by atoms with van der Waals surface area (Å²) < 4.78 is 1.70. The summed E-state index contributed by atoms with van der Waals surface area (Å²) in [5.41, 5.74) is 2.00. The van der Waals surface area contributed by atoms with Crippen molar-refractivity contribution in [2.75, 3.05) is 0 Å². The van der Waals surface area contributed by atoms with Crippen LogP contribution in [-0.2, 0) is 7.05 Å². The highest BCUT2D eigenvalue weighted by Crippen LogP contribution is 2.29. The molecular weight excluding hydrogens is 200 g/mol. The van der Waals surface area contributed by atoms with Gasteiger partial charge in [-0.2, -0.15) is 5.10 Å². The summed E-state index contributed by atoms with van der Waals surface area (Å²) >= 11 is 0. The average molecular weight is 216 g/mol. The van der Waals surface area contributed by atoms with Crippen molar-refractivity contribution in [1.29, 1.82) is 0 Å². The van der Waals surface area contributed by atoms with Crippen molar-refractivity contribution in [3.05, 3.63) is 53.9 Å². The molecule has 0 amide bonds. The van der Waals surface area contributed by atoms with Crippen LogP contribution >= 0.6 is 0 Å². The third kappa shape index (κ3) is 2.14. The van der Waals surface area contributed by atoms with Crippen LogP contribution in [0.2, 0.25) is 0 Å². The molecule has 2 unspecified atom stereocenters. The zero-order valence-corrected chi connectivity index (χ0v) is 9.54. The number of rotatable bonds is 3. The fourth-order valence-corrected chi connectivity index (χ4v) is 1.82. The van der Waals surface area contributed by atoms with Crippen LogP contribution in [0.25, 0.3) is 0 Å². The molecule has 1 heterocycles. The molecule has 1 N–H and O–H groups in total. The van der Waals surface area contributed by atoms with Crippen LogP contribution in [0.15, 0.2) is 42.7 Å². The summed E-state index contributed by atoms with van der Waals surface area (Å²) in [5, 5.41) is 14.3. The highest BCUT2D eigenvalue weighted by molar-refractivity contribution is 5.23. The van der Waals surface area contributed by atoms with E-state index in [2.05, 4.69) is 5.10 Å².